The second-order valence-electron chi connectivity index (χ2n) is 4.07. The van der Waals surface area contributed by atoms with Crippen molar-refractivity contribution >= 4 is 29.4 Å². The molecule has 0 spiro atoms. The zero-order valence-electron chi connectivity index (χ0n) is 10.9. The number of hydrogen-bond acceptors (Lipinski definition) is 5. The number of aryl methyl sites for hydroxylation is 1. The molecule has 0 saturated carbocycles. The van der Waals surface area contributed by atoms with Crippen LogP contribution in [0.15, 0.2) is 39.9 Å². The zero-order valence-corrected chi connectivity index (χ0v) is 11.6. The second-order valence-corrected chi connectivity index (χ2v) is 4.48. The maximum absolute atomic E-state index is 11.8. The summed E-state index contributed by atoms with van der Waals surface area (Å²) in [5.74, 6) is 0.637. The van der Waals surface area contributed by atoms with Crippen LogP contribution in [0.3, 0.4) is 0 Å². The molecule has 0 aliphatic carbocycles. The zero-order chi connectivity index (χ0) is 15.4. The largest absolute Gasteiger partial charge is 0.460 e. The third-order valence-electron chi connectivity index (χ3n) is 2.53. The molecule has 1 aromatic heterocycles. The molecule has 2 rings (SSSR count). The van der Waals surface area contributed by atoms with E-state index in [1.165, 1.54) is 18.3 Å². The Kier molecular flexibility index (Phi) is 4.34. The summed E-state index contributed by atoms with van der Waals surface area (Å²) in [6.07, 6.45) is 1.34. The van der Waals surface area contributed by atoms with E-state index in [9.17, 15) is 14.9 Å². The Labute approximate surface area is 124 Å². The fourth-order valence-electron chi connectivity index (χ4n) is 1.54. The minimum atomic E-state index is -0.592. The number of furan rings is 1. The van der Waals surface area contributed by atoms with Gasteiger partial charge in [0.1, 0.15) is 11.5 Å². The molecule has 0 unspecified atom stereocenters. The molecule has 0 aliphatic heterocycles. The molecule has 0 saturated heterocycles. The monoisotopic (exact) mass is 307 g/mol. The van der Waals surface area contributed by atoms with Gasteiger partial charge < -0.3 is 4.42 Å². The molecule has 0 fully saturated rings. The molecule has 0 atom stereocenters. The van der Waals surface area contributed by atoms with Crippen LogP contribution in [0.4, 0.5) is 5.69 Å². The van der Waals surface area contributed by atoms with Gasteiger partial charge in [-0.05, 0) is 25.1 Å². The van der Waals surface area contributed by atoms with Crippen molar-refractivity contribution in [1.29, 1.82) is 0 Å². The Morgan fingerprint density at radius 2 is 2.19 bits per heavy atom. The predicted octanol–water partition coefficient (Wildman–Crippen LogP) is 2.91. The van der Waals surface area contributed by atoms with Gasteiger partial charge in [-0.25, -0.2) is 5.43 Å². The van der Waals surface area contributed by atoms with Crippen molar-refractivity contribution in [2.24, 2.45) is 5.10 Å². The van der Waals surface area contributed by atoms with Gasteiger partial charge >= 0.3 is 0 Å². The number of nitro benzene ring substituents is 1. The van der Waals surface area contributed by atoms with Gasteiger partial charge in [0, 0.05) is 12.1 Å². The third-order valence-corrected chi connectivity index (χ3v) is 2.84. The number of rotatable bonds is 4. The topological polar surface area (TPSA) is 97.7 Å². The first kappa shape index (κ1) is 14.7. The summed E-state index contributed by atoms with van der Waals surface area (Å²) in [7, 11) is 0. The highest BCUT2D eigenvalue weighted by atomic mass is 35.5. The number of halogens is 1. The molecule has 21 heavy (non-hydrogen) atoms. The van der Waals surface area contributed by atoms with Crippen LogP contribution in [-0.4, -0.2) is 17.0 Å². The number of hydrogen-bond donors (Lipinski definition) is 1. The Balaban J connectivity index is 2.06. The number of carbonyl (C=O) groups is 1. The van der Waals surface area contributed by atoms with Gasteiger partial charge in [-0.15, -0.1) is 0 Å². The lowest BCUT2D eigenvalue weighted by atomic mass is 10.2. The number of amides is 1. The van der Waals surface area contributed by atoms with Crippen LogP contribution in [0, 0.1) is 17.0 Å². The van der Waals surface area contributed by atoms with E-state index in [4.69, 9.17) is 16.0 Å². The maximum Gasteiger partial charge on any atom is 0.272 e. The van der Waals surface area contributed by atoms with Gasteiger partial charge in [0.05, 0.1) is 21.7 Å². The summed E-state index contributed by atoms with van der Waals surface area (Å²) in [5, 5.41) is 14.3. The quantitative estimate of drug-likeness (QED) is 0.533. The summed E-state index contributed by atoms with van der Waals surface area (Å²) in [4.78, 5) is 21.8. The summed E-state index contributed by atoms with van der Waals surface area (Å²) < 4.78 is 5.24. The van der Waals surface area contributed by atoms with E-state index < -0.39 is 10.8 Å². The summed E-state index contributed by atoms with van der Waals surface area (Å²) in [5.41, 5.74) is 2.17. The van der Waals surface area contributed by atoms with E-state index in [2.05, 4.69) is 10.5 Å². The highest BCUT2D eigenvalue weighted by Gasteiger charge is 2.14. The van der Waals surface area contributed by atoms with Gasteiger partial charge in [-0.1, -0.05) is 11.6 Å². The molecule has 1 heterocycles. The number of nitrogens with one attached hydrogen (secondary N) is 1. The van der Waals surface area contributed by atoms with E-state index in [0.29, 0.717) is 5.76 Å². The molecule has 1 N–H and O–H groups in total. The first-order chi connectivity index (χ1) is 9.97. The molecule has 2 aromatic rings. The number of non-ortho nitro benzene ring substituents is 1. The molecule has 7 nitrogen and oxygen atoms in total. The first-order valence-corrected chi connectivity index (χ1v) is 6.19. The van der Waals surface area contributed by atoms with Crippen molar-refractivity contribution in [3.63, 3.8) is 0 Å². The first-order valence-electron chi connectivity index (χ1n) is 5.81. The van der Waals surface area contributed by atoms with Crippen molar-refractivity contribution in [3.8, 4) is 0 Å². The second kappa shape index (κ2) is 6.19. The van der Waals surface area contributed by atoms with Crippen LogP contribution in [0.2, 0.25) is 5.02 Å². The van der Waals surface area contributed by atoms with Crippen molar-refractivity contribution in [2.45, 2.75) is 6.92 Å². The van der Waals surface area contributed by atoms with Crippen LogP contribution < -0.4 is 5.43 Å². The molecular weight excluding hydrogens is 298 g/mol. The van der Waals surface area contributed by atoms with E-state index in [1.807, 2.05) is 0 Å². The summed E-state index contributed by atoms with van der Waals surface area (Å²) >= 11 is 5.83. The van der Waals surface area contributed by atoms with Gasteiger partial charge in [0.15, 0.2) is 0 Å². The molecule has 1 amide bonds. The van der Waals surface area contributed by atoms with E-state index in [-0.39, 0.29) is 16.3 Å². The molecule has 1 aromatic carbocycles. The Hall–Kier alpha value is -2.67. The highest BCUT2D eigenvalue weighted by Crippen LogP contribution is 2.22. The van der Waals surface area contributed by atoms with Crippen LogP contribution in [0.5, 0.6) is 0 Å². The van der Waals surface area contributed by atoms with Crippen molar-refractivity contribution in [3.05, 3.63) is 62.6 Å². The molecule has 0 radical (unpaired) electrons. The summed E-state index contributed by atoms with van der Waals surface area (Å²) in [6, 6.07) is 7.03. The molecule has 108 valence electrons. The minimum absolute atomic E-state index is 0.0225. The Morgan fingerprint density at radius 3 is 2.76 bits per heavy atom. The average molecular weight is 308 g/mol. The third kappa shape index (κ3) is 3.67. The minimum Gasteiger partial charge on any atom is -0.460 e. The van der Waals surface area contributed by atoms with Crippen molar-refractivity contribution in [1.82, 2.24) is 5.43 Å². The number of benzene rings is 1. The molecule has 0 bridgehead atoms. The number of hydrazone groups is 1. The highest BCUT2D eigenvalue weighted by molar-refractivity contribution is 6.34. The number of nitrogens with zero attached hydrogens (tertiary/aromatic N) is 2. The molecule has 0 aliphatic rings. The van der Waals surface area contributed by atoms with Crippen LogP contribution >= 0.6 is 11.6 Å². The molecular formula is C13H10ClN3O4. The number of nitro groups is 1. The fourth-order valence-corrected chi connectivity index (χ4v) is 1.80. The van der Waals surface area contributed by atoms with Gasteiger partial charge in [-0.3, -0.25) is 14.9 Å². The SMILES string of the molecule is Cc1ccc(/C=N/NC(=O)c2ccc([N+](=O)[O-])cc2Cl)o1. The van der Waals surface area contributed by atoms with Crippen LogP contribution in [-0.2, 0) is 0 Å². The Morgan fingerprint density at radius 1 is 1.43 bits per heavy atom. The van der Waals surface area contributed by atoms with Gasteiger partial charge in [0.2, 0.25) is 0 Å². The van der Waals surface area contributed by atoms with Crippen LogP contribution in [0.1, 0.15) is 21.9 Å². The lowest BCUT2D eigenvalue weighted by molar-refractivity contribution is -0.384. The van der Waals surface area contributed by atoms with Gasteiger partial charge in [0.25, 0.3) is 11.6 Å². The normalized spacial score (nSPS) is 10.8. The van der Waals surface area contributed by atoms with E-state index in [0.717, 1.165) is 11.8 Å². The van der Waals surface area contributed by atoms with Crippen LogP contribution in [0.25, 0.3) is 0 Å². The smallest absolute Gasteiger partial charge is 0.272 e. The van der Waals surface area contributed by atoms with E-state index in [1.54, 1.807) is 19.1 Å². The number of carbonyl (C=O) groups excluding carboxylic acids is 1. The van der Waals surface area contributed by atoms with Gasteiger partial charge in [-0.2, -0.15) is 5.10 Å². The van der Waals surface area contributed by atoms with Crippen molar-refractivity contribution < 1.29 is 14.1 Å². The lowest BCUT2D eigenvalue weighted by Gasteiger charge is -2.02. The molecule has 8 heteroatoms. The standard InChI is InChI=1S/C13H10ClN3O4/c1-8-2-4-10(21-8)7-15-16-13(18)11-5-3-9(17(19)20)6-12(11)14/h2-7H,1H3,(H,16,18)/b15-7+. The fraction of sp³-hybridized carbons (Fsp3) is 0.0769. The summed E-state index contributed by atoms with van der Waals surface area (Å²) in [6.45, 7) is 1.78. The predicted molar refractivity (Wildman–Crippen MR) is 76.6 cm³/mol. The van der Waals surface area contributed by atoms with E-state index >= 15 is 0 Å². The van der Waals surface area contributed by atoms with Crippen molar-refractivity contribution in [2.75, 3.05) is 0 Å². The Bertz CT molecular complexity index is 724. The lowest BCUT2D eigenvalue weighted by Crippen LogP contribution is -2.18. The average Bonchev–Trinajstić information content (AvgIpc) is 2.84. The maximum atomic E-state index is 11.8.